The zero-order chi connectivity index (χ0) is 15.6. The molecular weight excluding hydrogens is 289 g/mol. The van der Waals surface area contributed by atoms with Crippen molar-refractivity contribution < 1.29 is 22.7 Å². The number of pyridine rings is 1. The number of methoxy groups -OCH3 is 1. The number of nitrogens with zero attached hydrogens (tertiary/aromatic N) is 4. The summed E-state index contributed by atoms with van der Waals surface area (Å²) in [7, 11) is 1.49. The molecule has 0 aliphatic heterocycles. The molecule has 0 spiro atoms. The molecule has 0 aromatic carbocycles. The first-order valence-electron chi connectivity index (χ1n) is 5.83. The van der Waals surface area contributed by atoms with Crippen molar-refractivity contribution in [2.45, 2.75) is 19.6 Å². The van der Waals surface area contributed by atoms with Gasteiger partial charge in [0.2, 0.25) is 0 Å². The number of Topliss-reactive ketones (excluding diaryl/α,β-unsaturated/α-hetero) is 1. The molecule has 6 nitrogen and oxygen atoms in total. The number of ether oxygens (including phenoxy) is 1. The first-order valence-corrected chi connectivity index (χ1v) is 5.83. The summed E-state index contributed by atoms with van der Waals surface area (Å²) in [4.78, 5) is 15.2. The summed E-state index contributed by atoms with van der Waals surface area (Å²) in [5.74, 6) is -1.45. The molecule has 0 fully saturated rings. The smallest absolute Gasteiger partial charge is 0.456 e. The van der Waals surface area contributed by atoms with Crippen LogP contribution in [0.25, 0.3) is 0 Å². The van der Waals surface area contributed by atoms with Crippen LogP contribution in [-0.4, -0.2) is 39.0 Å². The van der Waals surface area contributed by atoms with E-state index in [-0.39, 0.29) is 6.54 Å². The molecule has 0 atom stereocenters. The van der Waals surface area contributed by atoms with E-state index in [4.69, 9.17) is 4.74 Å². The van der Waals surface area contributed by atoms with Crippen molar-refractivity contribution in [1.29, 1.82) is 0 Å². The number of hydrogen-bond acceptors (Lipinski definition) is 5. The van der Waals surface area contributed by atoms with E-state index in [0.29, 0.717) is 17.1 Å². The van der Waals surface area contributed by atoms with Crippen LogP contribution < -0.4 is 4.74 Å². The van der Waals surface area contributed by atoms with Gasteiger partial charge >= 0.3 is 6.18 Å². The van der Waals surface area contributed by atoms with Gasteiger partial charge in [-0.1, -0.05) is 5.21 Å². The standard InChI is InChI=1S/C12H11F3N4O2/c1-7-3-9(21-2)4-8(16-7)5-19-6-10(17-18-19)11(20)12(13,14)15/h3-4,6H,5H2,1-2H3. The summed E-state index contributed by atoms with van der Waals surface area (Å²) in [6, 6.07) is 3.34. The van der Waals surface area contributed by atoms with Crippen molar-refractivity contribution in [1.82, 2.24) is 20.0 Å². The number of aromatic nitrogens is 4. The molecule has 2 aromatic heterocycles. The molecule has 9 heteroatoms. The summed E-state index contributed by atoms with van der Waals surface area (Å²) in [6.45, 7) is 1.84. The molecule has 0 unspecified atom stereocenters. The third-order valence-corrected chi connectivity index (χ3v) is 2.57. The molecule has 0 saturated carbocycles. The fourth-order valence-corrected chi connectivity index (χ4v) is 1.69. The fraction of sp³-hybridized carbons (Fsp3) is 0.333. The monoisotopic (exact) mass is 300 g/mol. The molecule has 0 N–H and O–H groups in total. The van der Waals surface area contributed by atoms with Gasteiger partial charge in [0.25, 0.3) is 5.78 Å². The minimum Gasteiger partial charge on any atom is -0.497 e. The van der Waals surface area contributed by atoms with Crippen molar-refractivity contribution in [3.05, 3.63) is 35.4 Å². The molecular formula is C12H11F3N4O2. The summed E-state index contributed by atoms with van der Waals surface area (Å²) in [5, 5.41) is 6.72. The Labute approximate surface area is 117 Å². The third-order valence-electron chi connectivity index (χ3n) is 2.57. The quantitative estimate of drug-likeness (QED) is 0.805. The van der Waals surface area contributed by atoms with E-state index in [1.165, 1.54) is 7.11 Å². The maximum absolute atomic E-state index is 12.3. The van der Waals surface area contributed by atoms with Gasteiger partial charge in [0.1, 0.15) is 5.75 Å². The van der Waals surface area contributed by atoms with Crippen molar-refractivity contribution in [3.8, 4) is 5.75 Å². The minimum atomic E-state index is -4.97. The number of ketones is 1. The molecule has 0 amide bonds. The number of hydrogen-bond donors (Lipinski definition) is 0. The van der Waals surface area contributed by atoms with Crippen LogP contribution in [0.5, 0.6) is 5.75 Å². The van der Waals surface area contributed by atoms with E-state index < -0.39 is 17.7 Å². The predicted octanol–water partition coefficient (Wildman–Crippen LogP) is 1.78. The highest BCUT2D eigenvalue weighted by Gasteiger charge is 2.41. The zero-order valence-electron chi connectivity index (χ0n) is 11.2. The Morgan fingerprint density at radius 1 is 1.38 bits per heavy atom. The molecule has 2 rings (SSSR count). The van der Waals surface area contributed by atoms with E-state index in [9.17, 15) is 18.0 Å². The Morgan fingerprint density at radius 3 is 2.71 bits per heavy atom. The number of alkyl halides is 3. The highest BCUT2D eigenvalue weighted by atomic mass is 19.4. The lowest BCUT2D eigenvalue weighted by Gasteiger charge is -2.05. The SMILES string of the molecule is COc1cc(C)nc(Cn2cc(C(=O)C(F)(F)F)nn2)c1. The first kappa shape index (κ1) is 14.9. The Kier molecular flexibility index (Phi) is 3.92. The molecule has 0 bridgehead atoms. The van der Waals surface area contributed by atoms with E-state index >= 15 is 0 Å². The number of carbonyl (C=O) groups excluding carboxylic acids is 1. The average molecular weight is 300 g/mol. The van der Waals surface area contributed by atoms with Crippen LogP contribution >= 0.6 is 0 Å². The summed E-state index contributed by atoms with van der Waals surface area (Å²) in [6.07, 6.45) is -4.03. The van der Waals surface area contributed by atoms with Gasteiger partial charge in [-0.3, -0.25) is 9.78 Å². The van der Waals surface area contributed by atoms with Gasteiger partial charge < -0.3 is 4.74 Å². The normalized spacial score (nSPS) is 11.5. The molecule has 21 heavy (non-hydrogen) atoms. The van der Waals surface area contributed by atoms with Gasteiger partial charge in [0.05, 0.1) is 25.5 Å². The van der Waals surface area contributed by atoms with Gasteiger partial charge in [-0.2, -0.15) is 13.2 Å². The van der Waals surface area contributed by atoms with E-state index in [2.05, 4.69) is 15.3 Å². The lowest BCUT2D eigenvalue weighted by Crippen LogP contribution is -2.23. The summed E-state index contributed by atoms with van der Waals surface area (Å²) < 4.78 is 43.0. The van der Waals surface area contributed by atoms with Gasteiger partial charge in [-0.25, -0.2) is 4.68 Å². The Balaban J connectivity index is 2.20. The van der Waals surface area contributed by atoms with Crippen LogP contribution in [0.4, 0.5) is 13.2 Å². The largest absolute Gasteiger partial charge is 0.497 e. The lowest BCUT2D eigenvalue weighted by molar-refractivity contribution is -0.0888. The molecule has 112 valence electrons. The van der Waals surface area contributed by atoms with Gasteiger partial charge in [-0.05, 0) is 6.92 Å². The Hall–Kier alpha value is -2.45. The van der Waals surface area contributed by atoms with Crippen LogP contribution in [-0.2, 0) is 6.54 Å². The molecule has 0 aliphatic carbocycles. The molecule has 0 aliphatic rings. The van der Waals surface area contributed by atoms with Gasteiger partial charge in [-0.15, -0.1) is 5.10 Å². The van der Waals surface area contributed by atoms with Crippen LogP contribution in [0.15, 0.2) is 18.3 Å². The second kappa shape index (κ2) is 5.51. The number of aryl methyl sites for hydroxylation is 1. The van der Waals surface area contributed by atoms with Crippen LogP contribution in [0.2, 0.25) is 0 Å². The zero-order valence-corrected chi connectivity index (χ0v) is 11.2. The predicted molar refractivity (Wildman–Crippen MR) is 65.0 cm³/mol. The van der Waals surface area contributed by atoms with Gasteiger partial charge in [0.15, 0.2) is 5.69 Å². The van der Waals surface area contributed by atoms with E-state index in [0.717, 1.165) is 10.9 Å². The first-order chi connectivity index (χ1) is 9.79. The second-order valence-electron chi connectivity index (χ2n) is 4.27. The topological polar surface area (TPSA) is 69.9 Å². The summed E-state index contributed by atoms with van der Waals surface area (Å²) in [5.41, 5.74) is 0.473. The highest BCUT2D eigenvalue weighted by molar-refractivity contribution is 5.98. The minimum absolute atomic E-state index is 0.0795. The average Bonchev–Trinajstić information content (AvgIpc) is 2.84. The maximum atomic E-state index is 12.3. The number of rotatable bonds is 4. The van der Waals surface area contributed by atoms with E-state index in [1.807, 2.05) is 0 Å². The Bertz CT molecular complexity index is 667. The van der Waals surface area contributed by atoms with Crippen molar-refractivity contribution in [3.63, 3.8) is 0 Å². The fourth-order valence-electron chi connectivity index (χ4n) is 1.69. The van der Waals surface area contributed by atoms with Crippen LogP contribution in [0, 0.1) is 6.92 Å². The van der Waals surface area contributed by atoms with Crippen molar-refractivity contribution in [2.24, 2.45) is 0 Å². The summed E-state index contributed by atoms with van der Waals surface area (Å²) >= 11 is 0. The van der Waals surface area contributed by atoms with Crippen LogP contribution in [0.3, 0.4) is 0 Å². The van der Waals surface area contributed by atoms with Crippen LogP contribution in [0.1, 0.15) is 21.9 Å². The lowest BCUT2D eigenvalue weighted by atomic mass is 10.3. The molecule has 0 saturated heterocycles. The highest BCUT2D eigenvalue weighted by Crippen LogP contribution is 2.20. The second-order valence-corrected chi connectivity index (χ2v) is 4.27. The van der Waals surface area contributed by atoms with E-state index in [1.54, 1.807) is 19.1 Å². The molecule has 2 aromatic rings. The van der Waals surface area contributed by atoms with Crippen molar-refractivity contribution in [2.75, 3.05) is 7.11 Å². The molecule has 2 heterocycles. The number of carbonyl (C=O) groups is 1. The van der Waals surface area contributed by atoms with Gasteiger partial charge in [0, 0.05) is 17.8 Å². The van der Waals surface area contributed by atoms with Crippen molar-refractivity contribution >= 4 is 5.78 Å². The molecule has 0 radical (unpaired) electrons. The maximum Gasteiger partial charge on any atom is 0.456 e. The number of halogens is 3. The third kappa shape index (κ3) is 3.56. The Morgan fingerprint density at radius 2 is 2.10 bits per heavy atom.